The van der Waals surface area contributed by atoms with Gasteiger partial charge in [-0.3, -0.25) is 9.36 Å². The van der Waals surface area contributed by atoms with E-state index in [0.29, 0.717) is 23.9 Å². The Morgan fingerprint density at radius 3 is 1.24 bits per heavy atom. The van der Waals surface area contributed by atoms with Crippen molar-refractivity contribution in [2.24, 2.45) is 0 Å². The van der Waals surface area contributed by atoms with E-state index in [2.05, 4.69) is 31.3 Å². The number of amides is 1. The number of carbonyl (C=O) groups is 1. The van der Waals surface area contributed by atoms with E-state index in [9.17, 15) is 19.4 Å². The van der Waals surface area contributed by atoms with Crippen molar-refractivity contribution in [3.63, 3.8) is 0 Å². The van der Waals surface area contributed by atoms with Crippen molar-refractivity contribution < 1.29 is 32.9 Å². The minimum atomic E-state index is -4.57. The van der Waals surface area contributed by atoms with Gasteiger partial charge in [0.25, 0.3) is 7.82 Å². The molecule has 0 aromatic carbocycles. The van der Waals surface area contributed by atoms with Crippen LogP contribution < -0.4 is 10.2 Å². The van der Waals surface area contributed by atoms with Gasteiger partial charge in [0, 0.05) is 6.42 Å². The lowest BCUT2D eigenvalue weighted by Gasteiger charge is -2.30. The summed E-state index contributed by atoms with van der Waals surface area (Å²) in [5, 5.41) is 14.0. The largest absolute Gasteiger partial charge is 0.756 e. The maximum Gasteiger partial charge on any atom is 0.268 e. The Kier molecular flexibility index (Phi) is 45.8. The second kappa shape index (κ2) is 46.4. The summed E-state index contributed by atoms with van der Waals surface area (Å²) in [6.45, 7) is 4.76. The topological polar surface area (TPSA) is 108 Å². The highest BCUT2D eigenvalue weighted by Gasteiger charge is 2.24. The number of hydrogen-bond acceptors (Lipinski definition) is 6. The Morgan fingerprint density at radius 1 is 0.540 bits per heavy atom. The zero-order valence-electron chi connectivity index (χ0n) is 42.8. The molecule has 1 amide bonds. The number of likely N-dealkylation sites (N-methyl/N-ethyl adjacent to an activating group) is 1. The van der Waals surface area contributed by atoms with Crippen LogP contribution in [0.15, 0.2) is 12.2 Å². The minimum absolute atomic E-state index is 0.0142. The number of hydrogen-bond donors (Lipinski definition) is 2. The van der Waals surface area contributed by atoms with Gasteiger partial charge in [0.15, 0.2) is 0 Å². The summed E-state index contributed by atoms with van der Waals surface area (Å²) < 4.78 is 23.4. The lowest BCUT2D eigenvalue weighted by molar-refractivity contribution is -0.870. The molecule has 8 nitrogen and oxygen atoms in total. The molecule has 3 unspecified atom stereocenters. The number of nitrogens with one attached hydrogen (secondary N) is 1. The van der Waals surface area contributed by atoms with E-state index in [0.717, 1.165) is 38.5 Å². The van der Waals surface area contributed by atoms with Gasteiger partial charge in [0.2, 0.25) is 5.91 Å². The molecule has 0 aromatic heterocycles. The van der Waals surface area contributed by atoms with E-state index in [1.165, 1.54) is 212 Å². The van der Waals surface area contributed by atoms with Crippen LogP contribution in [0.2, 0.25) is 0 Å². The molecule has 0 spiro atoms. The second-order valence-electron chi connectivity index (χ2n) is 20.3. The SMILES string of the molecule is CCCCCCCC/C=C\CCCCCCCCCCCC(=O)NC(COP(=O)([O-])OCC[N+](C)(C)C)C(O)CCCCCCCCCCCCCCCCCCCCCCCC. The molecule has 0 saturated heterocycles. The van der Waals surface area contributed by atoms with Gasteiger partial charge in [0.05, 0.1) is 39.9 Å². The number of nitrogens with zero attached hydrogens (tertiary/aromatic N) is 1. The Bertz CT molecular complexity index is 1040. The molecule has 0 bridgehead atoms. The fraction of sp³-hybridized carbons (Fsp3) is 0.944. The smallest absolute Gasteiger partial charge is 0.268 e. The molecule has 0 aromatic rings. The van der Waals surface area contributed by atoms with Crippen LogP contribution in [0.1, 0.15) is 277 Å². The minimum Gasteiger partial charge on any atom is -0.756 e. The normalized spacial score (nSPS) is 14.1. The molecule has 0 rings (SSSR count). The van der Waals surface area contributed by atoms with E-state index in [-0.39, 0.29) is 19.1 Å². The number of unbranched alkanes of at least 4 members (excludes halogenated alkanes) is 36. The van der Waals surface area contributed by atoms with Gasteiger partial charge in [-0.05, 0) is 38.5 Å². The molecular weight excluding hydrogens is 804 g/mol. The van der Waals surface area contributed by atoms with Gasteiger partial charge < -0.3 is 28.8 Å². The molecular formula is C54H109N2O6P. The van der Waals surface area contributed by atoms with Crippen LogP contribution in [0.3, 0.4) is 0 Å². The molecule has 0 heterocycles. The molecule has 0 aliphatic rings. The highest BCUT2D eigenvalue weighted by Crippen LogP contribution is 2.38. The first-order chi connectivity index (χ1) is 30.5. The van der Waals surface area contributed by atoms with E-state index in [4.69, 9.17) is 9.05 Å². The van der Waals surface area contributed by atoms with E-state index < -0.39 is 20.0 Å². The molecule has 3 atom stereocenters. The van der Waals surface area contributed by atoms with Gasteiger partial charge in [-0.2, -0.15) is 0 Å². The third kappa shape index (κ3) is 49.0. The Morgan fingerprint density at radius 2 is 0.873 bits per heavy atom. The summed E-state index contributed by atoms with van der Waals surface area (Å²) in [5.41, 5.74) is 0. The van der Waals surface area contributed by atoms with Gasteiger partial charge in [-0.15, -0.1) is 0 Å². The van der Waals surface area contributed by atoms with Gasteiger partial charge in [-0.1, -0.05) is 244 Å². The fourth-order valence-corrected chi connectivity index (χ4v) is 9.11. The average Bonchev–Trinajstić information content (AvgIpc) is 3.24. The predicted octanol–water partition coefficient (Wildman–Crippen LogP) is 15.6. The summed E-state index contributed by atoms with van der Waals surface area (Å²) in [7, 11) is 1.32. The Labute approximate surface area is 392 Å². The van der Waals surface area contributed by atoms with Crippen molar-refractivity contribution in [2.75, 3.05) is 40.9 Å². The molecule has 0 aliphatic carbocycles. The van der Waals surface area contributed by atoms with Crippen LogP contribution in [0.5, 0.6) is 0 Å². The van der Waals surface area contributed by atoms with Crippen molar-refractivity contribution in [1.82, 2.24) is 5.32 Å². The zero-order valence-corrected chi connectivity index (χ0v) is 43.7. The van der Waals surface area contributed by atoms with Crippen molar-refractivity contribution in [2.45, 2.75) is 289 Å². The van der Waals surface area contributed by atoms with E-state index in [1.54, 1.807) is 0 Å². The first kappa shape index (κ1) is 62.2. The number of allylic oxidation sites excluding steroid dienone is 2. The molecule has 9 heteroatoms. The van der Waals surface area contributed by atoms with Crippen LogP contribution in [0, 0.1) is 0 Å². The summed E-state index contributed by atoms with van der Waals surface area (Å²) in [6.07, 6.45) is 55.1. The molecule has 2 N–H and O–H groups in total. The van der Waals surface area contributed by atoms with Gasteiger partial charge in [-0.25, -0.2) is 0 Å². The number of phosphoric ester groups is 1. The second-order valence-corrected chi connectivity index (χ2v) is 21.7. The Balaban J connectivity index is 4.19. The number of rotatable bonds is 51. The molecule has 376 valence electrons. The standard InChI is InChI=1S/C54H109N2O6P/c1-6-8-10-12-14-16-18-20-22-24-26-27-28-30-31-33-35-37-39-41-43-45-47-53(57)52(51-62-63(59,60)61-50-49-56(3,4)5)55-54(58)48-46-44-42-40-38-36-34-32-29-25-23-21-19-17-15-13-11-9-7-2/h21,23,52-53,57H,6-20,22,24-51H2,1-5H3,(H-,55,58,59,60)/b23-21-. The molecule has 0 fully saturated rings. The first-order valence-electron chi connectivity index (χ1n) is 27.5. The number of quaternary nitrogens is 1. The monoisotopic (exact) mass is 913 g/mol. The summed E-state index contributed by atoms with van der Waals surface area (Å²) >= 11 is 0. The summed E-state index contributed by atoms with van der Waals surface area (Å²) in [6, 6.07) is -0.799. The van der Waals surface area contributed by atoms with E-state index in [1.807, 2.05) is 21.1 Å². The maximum absolute atomic E-state index is 13.0. The van der Waals surface area contributed by atoms with Gasteiger partial charge >= 0.3 is 0 Å². The van der Waals surface area contributed by atoms with Crippen molar-refractivity contribution in [1.29, 1.82) is 0 Å². The average molecular weight is 913 g/mol. The number of aliphatic hydroxyl groups is 1. The molecule has 63 heavy (non-hydrogen) atoms. The number of carbonyl (C=O) groups excluding carboxylic acids is 1. The van der Waals surface area contributed by atoms with Crippen molar-refractivity contribution in [3.8, 4) is 0 Å². The fourth-order valence-electron chi connectivity index (χ4n) is 8.39. The van der Waals surface area contributed by atoms with Crippen LogP contribution >= 0.6 is 7.82 Å². The highest BCUT2D eigenvalue weighted by molar-refractivity contribution is 7.45. The third-order valence-electron chi connectivity index (χ3n) is 12.8. The van der Waals surface area contributed by atoms with Gasteiger partial charge in [0.1, 0.15) is 13.2 Å². The molecule has 0 saturated carbocycles. The summed E-state index contributed by atoms with van der Waals surface area (Å²) in [5.74, 6) is -0.163. The lowest BCUT2D eigenvalue weighted by atomic mass is 10.0. The zero-order chi connectivity index (χ0) is 46.4. The first-order valence-corrected chi connectivity index (χ1v) is 29.0. The lowest BCUT2D eigenvalue weighted by Crippen LogP contribution is -2.46. The highest BCUT2D eigenvalue weighted by atomic mass is 31.2. The predicted molar refractivity (Wildman–Crippen MR) is 270 cm³/mol. The van der Waals surface area contributed by atoms with Crippen LogP contribution in [0.25, 0.3) is 0 Å². The number of phosphoric acid groups is 1. The van der Waals surface area contributed by atoms with Crippen LogP contribution in [-0.2, 0) is 18.4 Å². The van der Waals surface area contributed by atoms with Crippen molar-refractivity contribution in [3.05, 3.63) is 12.2 Å². The maximum atomic E-state index is 13.0. The van der Waals surface area contributed by atoms with Crippen LogP contribution in [0.4, 0.5) is 0 Å². The van der Waals surface area contributed by atoms with Crippen molar-refractivity contribution >= 4 is 13.7 Å². The Hall–Kier alpha value is -0.760. The molecule has 0 radical (unpaired) electrons. The van der Waals surface area contributed by atoms with E-state index >= 15 is 0 Å². The third-order valence-corrected chi connectivity index (χ3v) is 13.7. The number of aliphatic hydroxyl groups excluding tert-OH is 1. The quantitative estimate of drug-likeness (QED) is 0.0272. The molecule has 0 aliphatic heterocycles. The van der Waals surface area contributed by atoms with Crippen LogP contribution in [-0.4, -0.2) is 68.5 Å². The summed E-state index contributed by atoms with van der Waals surface area (Å²) in [4.78, 5) is 25.5.